The van der Waals surface area contributed by atoms with E-state index in [4.69, 9.17) is 5.11 Å². The second-order valence-corrected chi connectivity index (χ2v) is 7.04. The van der Waals surface area contributed by atoms with Gasteiger partial charge in [0.15, 0.2) is 0 Å². The number of anilines is 1. The van der Waals surface area contributed by atoms with Crippen LogP contribution in [0.25, 0.3) is 0 Å². The molecule has 2 aromatic rings. The molecule has 3 unspecified atom stereocenters. The molecule has 1 fully saturated rings. The summed E-state index contributed by atoms with van der Waals surface area (Å²) in [6.45, 7) is 3.73. The Kier molecular flexibility index (Phi) is 4.22. The maximum absolute atomic E-state index is 12.3. The van der Waals surface area contributed by atoms with Gasteiger partial charge in [0, 0.05) is 22.4 Å². The Morgan fingerprint density at radius 1 is 1.26 bits per heavy atom. The summed E-state index contributed by atoms with van der Waals surface area (Å²) in [6, 6.07) is 9.13. The number of carboxylic acid groups (broad SMARTS) is 1. The molecular weight excluding hydrogens is 310 g/mol. The molecule has 0 bridgehead atoms. The van der Waals surface area contributed by atoms with Gasteiger partial charge in [0.25, 0.3) is 0 Å². The van der Waals surface area contributed by atoms with E-state index in [1.165, 1.54) is 10.4 Å². The third-order valence-corrected chi connectivity index (χ3v) is 5.57. The quantitative estimate of drug-likeness (QED) is 0.872. The number of amides is 1. The lowest BCUT2D eigenvalue weighted by atomic mass is 10.0. The Morgan fingerprint density at radius 2 is 1.96 bits per heavy atom. The Bertz CT molecular complexity index is 735. The first-order valence-electron chi connectivity index (χ1n) is 7.65. The van der Waals surface area contributed by atoms with Crippen molar-refractivity contribution in [3.63, 3.8) is 0 Å². The van der Waals surface area contributed by atoms with E-state index in [1.807, 2.05) is 0 Å². The molecule has 1 heterocycles. The number of carboxylic acids is 1. The van der Waals surface area contributed by atoms with Crippen LogP contribution in [0.3, 0.4) is 0 Å². The largest absolute Gasteiger partial charge is 0.481 e. The van der Waals surface area contributed by atoms with E-state index in [0.29, 0.717) is 11.6 Å². The molecule has 3 rings (SSSR count). The number of benzene rings is 1. The van der Waals surface area contributed by atoms with Crippen molar-refractivity contribution in [3.8, 4) is 0 Å². The summed E-state index contributed by atoms with van der Waals surface area (Å²) < 4.78 is 0. The molecule has 0 radical (unpaired) electrons. The molecule has 4 nitrogen and oxygen atoms in total. The van der Waals surface area contributed by atoms with Gasteiger partial charge in [0.2, 0.25) is 5.91 Å². The van der Waals surface area contributed by atoms with E-state index in [2.05, 4.69) is 23.7 Å². The van der Waals surface area contributed by atoms with Gasteiger partial charge in [-0.05, 0) is 55.0 Å². The van der Waals surface area contributed by atoms with Gasteiger partial charge in [-0.25, -0.2) is 0 Å². The highest BCUT2D eigenvalue weighted by molar-refractivity contribution is 7.10. The van der Waals surface area contributed by atoms with Crippen LogP contribution in [0.4, 0.5) is 5.69 Å². The van der Waals surface area contributed by atoms with Crippen LogP contribution in [0.2, 0.25) is 0 Å². The van der Waals surface area contributed by atoms with Gasteiger partial charge in [-0.1, -0.05) is 12.1 Å². The van der Waals surface area contributed by atoms with E-state index in [1.54, 1.807) is 42.5 Å². The Balaban J connectivity index is 1.61. The fraction of sp³-hybridized carbons (Fsp3) is 0.333. The predicted octanol–water partition coefficient (Wildman–Crippen LogP) is 3.99. The first-order chi connectivity index (χ1) is 11.0. The third kappa shape index (κ3) is 3.29. The average molecular weight is 329 g/mol. The summed E-state index contributed by atoms with van der Waals surface area (Å²) in [6.07, 6.45) is 0.904. The van der Waals surface area contributed by atoms with Gasteiger partial charge >= 0.3 is 5.97 Å². The zero-order valence-corrected chi connectivity index (χ0v) is 13.9. The van der Waals surface area contributed by atoms with Crippen molar-refractivity contribution in [1.82, 2.24) is 0 Å². The van der Waals surface area contributed by atoms with Gasteiger partial charge in [0.1, 0.15) is 0 Å². The lowest BCUT2D eigenvalue weighted by Crippen LogP contribution is -2.14. The molecule has 0 saturated heterocycles. The smallest absolute Gasteiger partial charge is 0.310 e. The molecule has 23 heavy (non-hydrogen) atoms. The lowest BCUT2D eigenvalue weighted by molar-refractivity contribution is -0.138. The highest BCUT2D eigenvalue weighted by Crippen LogP contribution is 2.50. The molecule has 1 aromatic heterocycles. The SMILES string of the molecule is Cc1ccsc1C1CC1C(=O)Nc1ccc(C(C)C(=O)O)cc1. The maximum atomic E-state index is 12.3. The van der Waals surface area contributed by atoms with Crippen LogP contribution in [0.5, 0.6) is 0 Å². The highest BCUT2D eigenvalue weighted by Gasteiger charge is 2.45. The third-order valence-electron chi connectivity index (χ3n) is 4.41. The number of aliphatic carboxylic acids is 1. The molecule has 1 saturated carbocycles. The van der Waals surface area contributed by atoms with Crippen molar-refractivity contribution in [2.75, 3.05) is 5.32 Å². The summed E-state index contributed by atoms with van der Waals surface area (Å²) in [5.74, 6) is -0.962. The van der Waals surface area contributed by atoms with Crippen LogP contribution in [0.1, 0.15) is 41.2 Å². The van der Waals surface area contributed by atoms with E-state index < -0.39 is 11.9 Å². The average Bonchev–Trinajstić information content (AvgIpc) is 3.22. The van der Waals surface area contributed by atoms with Crippen LogP contribution >= 0.6 is 11.3 Å². The zero-order valence-electron chi connectivity index (χ0n) is 13.1. The van der Waals surface area contributed by atoms with Crippen LogP contribution in [0.15, 0.2) is 35.7 Å². The van der Waals surface area contributed by atoms with Crippen molar-refractivity contribution in [1.29, 1.82) is 0 Å². The Labute approximate surface area is 139 Å². The minimum absolute atomic E-state index is 0.0434. The van der Waals surface area contributed by atoms with Gasteiger partial charge < -0.3 is 10.4 Å². The summed E-state index contributed by atoms with van der Waals surface area (Å²) in [5.41, 5.74) is 2.71. The van der Waals surface area contributed by atoms with Crippen molar-refractivity contribution < 1.29 is 14.7 Å². The number of carbonyl (C=O) groups excluding carboxylic acids is 1. The van der Waals surface area contributed by atoms with Gasteiger partial charge in [-0.15, -0.1) is 11.3 Å². The summed E-state index contributed by atoms with van der Waals surface area (Å²) in [7, 11) is 0. The fourth-order valence-corrected chi connectivity index (χ4v) is 3.88. The first kappa shape index (κ1) is 15.7. The van der Waals surface area contributed by atoms with Gasteiger partial charge in [-0.2, -0.15) is 0 Å². The summed E-state index contributed by atoms with van der Waals surface area (Å²) in [5, 5.41) is 14.0. The Morgan fingerprint density at radius 3 is 2.52 bits per heavy atom. The highest BCUT2D eigenvalue weighted by atomic mass is 32.1. The molecule has 120 valence electrons. The standard InChI is InChI=1S/C18H19NO3S/c1-10-7-8-23-16(10)14-9-15(14)17(20)19-13-5-3-12(4-6-13)11(2)18(21)22/h3-8,11,14-15H,9H2,1-2H3,(H,19,20)(H,21,22). The number of aryl methyl sites for hydroxylation is 1. The lowest BCUT2D eigenvalue weighted by Gasteiger charge is -2.09. The van der Waals surface area contributed by atoms with Crippen LogP contribution in [-0.4, -0.2) is 17.0 Å². The van der Waals surface area contributed by atoms with Crippen molar-refractivity contribution in [3.05, 3.63) is 51.7 Å². The molecule has 1 aliphatic rings. The number of rotatable bonds is 5. The summed E-state index contributed by atoms with van der Waals surface area (Å²) in [4.78, 5) is 24.6. The predicted molar refractivity (Wildman–Crippen MR) is 91.0 cm³/mol. The molecule has 0 aliphatic heterocycles. The second-order valence-electron chi connectivity index (χ2n) is 6.09. The minimum Gasteiger partial charge on any atom is -0.481 e. The number of thiophene rings is 1. The molecule has 2 N–H and O–H groups in total. The number of hydrogen-bond acceptors (Lipinski definition) is 3. The zero-order chi connectivity index (χ0) is 16.6. The van der Waals surface area contributed by atoms with E-state index in [9.17, 15) is 9.59 Å². The molecule has 5 heteroatoms. The summed E-state index contributed by atoms with van der Waals surface area (Å²) >= 11 is 1.72. The molecule has 1 aromatic carbocycles. The van der Waals surface area contributed by atoms with Gasteiger partial charge in [0.05, 0.1) is 5.92 Å². The van der Waals surface area contributed by atoms with E-state index in [0.717, 1.165) is 12.0 Å². The van der Waals surface area contributed by atoms with E-state index in [-0.39, 0.29) is 11.8 Å². The minimum atomic E-state index is -0.853. The fourth-order valence-electron chi connectivity index (χ4n) is 2.77. The van der Waals surface area contributed by atoms with E-state index >= 15 is 0 Å². The van der Waals surface area contributed by atoms with Crippen LogP contribution in [0, 0.1) is 12.8 Å². The molecule has 1 aliphatic carbocycles. The topological polar surface area (TPSA) is 66.4 Å². The number of hydrogen-bond donors (Lipinski definition) is 2. The molecular formula is C18H19NO3S. The second kappa shape index (κ2) is 6.16. The van der Waals surface area contributed by atoms with Crippen LogP contribution in [-0.2, 0) is 9.59 Å². The van der Waals surface area contributed by atoms with Crippen LogP contribution < -0.4 is 5.32 Å². The molecule has 1 amide bonds. The molecule has 0 spiro atoms. The number of nitrogens with one attached hydrogen (secondary N) is 1. The number of carbonyl (C=O) groups is 2. The maximum Gasteiger partial charge on any atom is 0.310 e. The van der Waals surface area contributed by atoms with Crippen molar-refractivity contribution in [2.45, 2.75) is 32.1 Å². The van der Waals surface area contributed by atoms with Crippen molar-refractivity contribution in [2.24, 2.45) is 5.92 Å². The van der Waals surface area contributed by atoms with Crippen molar-refractivity contribution >= 4 is 28.9 Å². The van der Waals surface area contributed by atoms with Gasteiger partial charge in [-0.3, -0.25) is 9.59 Å². The Hall–Kier alpha value is -2.14. The normalized spacial score (nSPS) is 20.8. The first-order valence-corrected chi connectivity index (χ1v) is 8.53. The molecule has 3 atom stereocenters. The monoisotopic (exact) mass is 329 g/mol.